The van der Waals surface area contributed by atoms with Gasteiger partial charge in [-0.05, 0) is 17.7 Å². The number of carbonyl (C=O) groups excluding carboxylic acids is 2. The van der Waals surface area contributed by atoms with Gasteiger partial charge in [0.1, 0.15) is 5.56 Å². The molecule has 2 aromatic rings. The molecule has 0 unspecified atom stereocenters. The Hall–Kier alpha value is -2.80. The summed E-state index contributed by atoms with van der Waals surface area (Å²) in [6.45, 7) is 1.09. The highest BCUT2D eigenvalue weighted by molar-refractivity contribution is 6.30. The van der Waals surface area contributed by atoms with Crippen molar-refractivity contribution in [2.75, 3.05) is 13.6 Å². The van der Waals surface area contributed by atoms with Crippen LogP contribution in [0.4, 0.5) is 0 Å². The molecule has 2 heterocycles. The first-order chi connectivity index (χ1) is 11.9. The van der Waals surface area contributed by atoms with Crippen LogP contribution in [0.2, 0.25) is 5.02 Å². The van der Waals surface area contributed by atoms with Crippen LogP contribution >= 0.6 is 11.6 Å². The first kappa shape index (κ1) is 17.0. The molecule has 0 saturated carbocycles. The maximum atomic E-state index is 12.7. The van der Waals surface area contributed by atoms with Crippen molar-refractivity contribution >= 4 is 23.4 Å². The van der Waals surface area contributed by atoms with Crippen molar-refractivity contribution in [1.29, 1.82) is 0 Å². The Morgan fingerprint density at radius 2 is 1.92 bits per heavy atom. The van der Waals surface area contributed by atoms with Gasteiger partial charge < -0.3 is 19.9 Å². The molecule has 3 rings (SSSR count). The number of benzene rings is 1. The molecule has 7 nitrogen and oxygen atoms in total. The summed E-state index contributed by atoms with van der Waals surface area (Å²) in [6, 6.07) is 7.09. The Labute approximate surface area is 148 Å². The number of pyridine rings is 1. The first-order valence-corrected chi connectivity index (χ1v) is 8.02. The van der Waals surface area contributed by atoms with E-state index in [0.717, 1.165) is 5.56 Å². The minimum absolute atomic E-state index is 0.0992. The van der Waals surface area contributed by atoms with Crippen molar-refractivity contribution in [3.05, 3.63) is 62.5 Å². The number of carbonyl (C=O) groups is 2. The number of aromatic hydroxyl groups is 1. The summed E-state index contributed by atoms with van der Waals surface area (Å²) in [6.07, 6.45) is 1.31. The number of aromatic nitrogens is 1. The van der Waals surface area contributed by atoms with E-state index in [0.29, 0.717) is 24.7 Å². The van der Waals surface area contributed by atoms with Gasteiger partial charge in [-0.25, -0.2) is 0 Å². The number of hydrogen-bond donors (Lipinski definition) is 2. The fourth-order valence-corrected chi connectivity index (χ4v) is 2.91. The zero-order valence-electron chi connectivity index (χ0n) is 13.5. The normalized spacial score (nSPS) is 13.5. The number of rotatable bonds is 3. The molecule has 130 valence electrons. The van der Waals surface area contributed by atoms with E-state index in [1.807, 2.05) is 12.1 Å². The van der Waals surface area contributed by atoms with Crippen molar-refractivity contribution < 1.29 is 14.7 Å². The van der Waals surface area contributed by atoms with Gasteiger partial charge in [0, 0.05) is 37.9 Å². The van der Waals surface area contributed by atoms with E-state index >= 15 is 0 Å². The predicted molar refractivity (Wildman–Crippen MR) is 91.9 cm³/mol. The summed E-state index contributed by atoms with van der Waals surface area (Å²) < 4.78 is 1.45. The lowest BCUT2D eigenvalue weighted by Crippen LogP contribution is -2.42. The average molecular weight is 362 g/mol. The third-order valence-corrected chi connectivity index (χ3v) is 4.37. The summed E-state index contributed by atoms with van der Waals surface area (Å²) in [4.78, 5) is 38.2. The number of amides is 2. The topological polar surface area (TPSA) is 91.6 Å². The van der Waals surface area contributed by atoms with Crippen molar-refractivity contribution in [1.82, 2.24) is 14.8 Å². The molecule has 2 amide bonds. The van der Waals surface area contributed by atoms with Crippen molar-refractivity contribution in [2.45, 2.75) is 13.1 Å². The van der Waals surface area contributed by atoms with Crippen LogP contribution < -0.4 is 10.7 Å². The Kier molecular flexibility index (Phi) is 4.50. The highest BCUT2D eigenvalue weighted by Crippen LogP contribution is 2.22. The van der Waals surface area contributed by atoms with Crippen LogP contribution in [0.25, 0.3) is 0 Å². The molecule has 0 saturated heterocycles. The monoisotopic (exact) mass is 361 g/mol. The quantitative estimate of drug-likeness (QED) is 0.860. The second-order valence-corrected chi connectivity index (χ2v) is 6.13. The molecule has 0 aliphatic carbocycles. The zero-order chi connectivity index (χ0) is 18.1. The van der Waals surface area contributed by atoms with E-state index in [1.54, 1.807) is 12.1 Å². The summed E-state index contributed by atoms with van der Waals surface area (Å²) in [5.41, 5.74) is -0.261. The molecule has 0 fully saturated rings. The number of fused-ring (bicyclic) bond motifs is 1. The second-order valence-electron chi connectivity index (χ2n) is 5.69. The molecule has 1 aromatic carbocycles. The van der Waals surface area contributed by atoms with Gasteiger partial charge in [-0.15, -0.1) is 0 Å². The average Bonchev–Trinajstić information content (AvgIpc) is 2.61. The lowest BCUT2D eigenvalue weighted by Gasteiger charge is -2.30. The summed E-state index contributed by atoms with van der Waals surface area (Å²) in [5, 5.41) is 13.1. The Balaban J connectivity index is 1.95. The minimum atomic E-state index is -0.854. The van der Waals surface area contributed by atoms with E-state index < -0.39 is 23.0 Å². The van der Waals surface area contributed by atoms with E-state index in [4.69, 9.17) is 11.6 Å². The van der Waals surface area contributed by atoms with Crippen LogP contribution in [0.5, 0.6) is 5.75 Å². The van der Waals surface area contributed by atoms with Gasteiger partial charge in [0.2, 0.25) is 5.43 Å². The molecule has 1 aliphatic heterocycles. The predicted octanol–water partition coefficient (Wildman–Crippen LogP) is 1.22. The lowest BCUT2D eigenvalue weighted by molar-refractivity contribution is 0.0681. The molecule has 8 heteroatoms. The molecule has 25 heavy (non-hydrogen) atoms. The van der Waals surface area contributed by atoms with Crippen LogP contribution in [0.15, 0.2) is 35.3 Å². The Morgan fingerprint density at radius 3 is 2.56 bits per heavy atom. The number of halogens is 1. The van der Waals surface area contributed by atoms with Crippen LogP contribution in [-0.2, 0) is 13.1 Å². The smallest absolute Gasteiger partial charge is 0.274 e. The molecular weight excluding hydrogens is 346 g/mol. The van der Waals surface area contributed by atoms with E-state index in [1.165, 1.54) is 22.7 Å². The van der Waals surface area contributed by atoms with E-state index in [9.17, 15) is 19.5 Å². The van der Waals surface area contributed by atoms with Gasteiger partial charge in [0.05, 0.1) is 0 Å². The number of hydrogen-bond acceptors (Lipinski definition) is 4. The summed E-state index contributed by atoms with van der Waals surface area (Å²) >= 11 is 5.86. The van der Waals surface area contributed by atoms with Crippen LogP contribution in [0, 0.1) is 0 Å². The molecule has 0 radical (unpaired) electrons. The van der Waals surface area contributed by atoms with Gasteiger partial charge >= 0.3 is 0 Å². The van der Waals surface area contributed by atoms with Crippen molar-refractivity contribution in [3.63, 3.8) is 0 Å². The number of nitrogens with zero attached hydrogens (tertiary/aromatic N) is 2. The third kappa shape index (κ3) is 3.10. The fraction of sp³-hybridized carbons (Fsp3) is 0.235. The van der Waals surface area contributed by atoms with Crippen molar-refractivity contribution in [3.8, 4) is 5.75 Å². The maximum Gasteiger partial charge on any atom is 0.274 e. The van der Waals surface area contributed by atoms with Gasteiger partial charge in [-0.2, -0.15) is 0 Å². The summed E-state index contributed by atoms with van der Waals surface area (Å²) in [7, 11) is 1.39. The Bertz CT molecular complexity index is 905. The molecule has 1 aliphatic rings. The van der Waals surface area contributed by atoms with E-state index in [2.05, 4.69) is 5.32 Å². The highest BCUT2D eigenvalue weighted by Gasteiger charge is 2.30. The SMILES string of the molecule is CNC(=O)c1cn2c(c(O)c1=O)C(=O)N(Cc1ccc(Cl)cc1)CC2. The second kappa shape index (κ2) is 6.60. The largest absolute Gasteiger partial charge is 0.503 e. The van der Waals surface area contributed by atoms with Gasteiger partial charge in [0.25, 0.3) is 11.8 Å². The molecule has 1 aromatic heterocycles. The van der Waals surface area contributed by atoms with Crippen LogP contribution in [0.1, 0.15) is 26.4 Å². The molecule has 0 atom stereocenters. The fourth-order valence-electron chi connectivity index (χ4n) is 2.79. The first-order valence-electron chi connectivity index (χ1n) is 7.64. The van der Waals surface area contributed by atoms with E-state index in [-0.39, 0.29) is 11.3 Å². The summed E-state index contributed by atoms with van der Waals surface area (Å²) in [5.74, 6) is -1.77. The van der Waals surface area contributed by atoms with Gasteiger partial charge in [-0.3, -0.25) is 14.4 Å². The molecular formula is C17H16ClN3O4. The van der Waals surface area contributed by atoms with Gasteiger partial charge in [-0.1, -0.05) is 23.7 Å². The molecule has 0 spiro atoms. The Morgan fingerprint density at radius 1 is 1.24 bits per heavy atom. The zero-order valence-corrected chi connectivity index (χ0v) is 14.2. The molecule has 2 N–H and O–H groups in total. The minimum Gasteiger partial charge on any atom is -0.503 e. The number of nitrogens with one attached hydrogen (secondary N) is 1. The van der Waals surface area contributed by atoms with Gasteiger partial charge in [0.15, 0.2) is 11.4 Å². The highest BCUT2D eigenvalue weighted by atomic mass is 35.5. The van der Waals surface area contributed by atoms with Crippen molar-refractivity contribution in [2.24, 2.45) is 0 Å². The molecule has 0 bridgehead atoms. The maximum absolute atomic E-state index is 12.7. The van der Waals surface area contributed by atoms with Crippen LogP contribution in [0.3, 0.4) is 0 Å². The van der Waals surface area contributed by atoms with Crippen LogP contribution in [-0.4, -0.2) is 40.0 Å². The standard InChI is InChI=1S/C17H16ClN3O4/c1-19-16(24)12-9-20-6-7-21(8-10-2-4-11(18)5-3-10)17(25)13(20)15(23)14(12)22/h2-5,9,23H,6-8H2,1H3,(H,19,24). The third-order valence-electron chi connectivity index (χ3n) is 4.12. The lowest BCUT2D eigenvalue weighted by atomic mass is 10.1.